The van der Waals surface area contributed by atoms with Crippen LogP contribution in [0.15, 0.2) is 18.2 Å². The van der Waals surface area contributed by atoms with Gasteiger partial charge in [-0.25, -0.2) is 4.39 Å². The molecule has 19 heavy (non-hydrogen) atoms. The summed E-state index contributed by atoms with van der Waals surface area (Å²) in [6, 6.07) is 4.06. The van der Waals surface area contributed by atoms with Gasteiger partial charge in [-0.15, -0.1) is 0 Å². The van der Waals surface area contributed by atoms with Crippen molar-refractivity contribution >= 4 is 17.5 Å². The second-order valence-electron chi connectivity index (χ2n) is 4.47. The molecule has 6 heteroatoms. The van der Waals surface area contributed by atoms with Crippen LogP contribution in [-0.4, -0.2) is 50.1 Å². The molecule has 1 aromatic rings. The molecule has 0 radical (unpaired) electrons. The quantitative estimate of drug-likeness (QED) is 0.871. The van der Waals surface area contributed by atoms with Gasteiger partial charge in [-0.1, -0.05) is 11.6 Å². The smallest absolute Gasteiger partial charge is 0.254 e. The first kappa shape index (κ1) is 14.2. The summed E-state index contributed by atoms with van der Waals surface area (Å²) in [7, 11) is 0. The average Bonchev–Trinajstić information content (AvgIpc) is 2.39. The minimum absolute atomic E-state index is 0.0321. The molecule has 104 valence electrons. The maximum absolute atomic E-state index is 13.5. The Bertz CT molecular complexity index is 450. The van der Waals surface area contributed by atoms with Crippen LogP contribution in [0.25, 0.3) is 0 Å². The summed E-state index contributed by atoms with van der Waals surface area (Å²) in [6.07, 6.45) is 0. The van der Waals surface area contributed by atoms with Crippen molar-refractivity contribution < 1.29 is 9.18 Å². The van der Waals surface area contributed by atoms with Crippen LogP contribution in [0.3, 0.4) is 0 Å². The number of nitrogens with one attached hydrogen (secondary N) is 2. The Labute approximate surface area is 116 Å². The Hall–Kier alpha value is -1.17. The van der Waals surface area contributed by atoms with Crippen molar-refractivity contribution in [3.8, 4) is 0 Å². The van der Waals surface area contributed by atoms with Crippen LogP contribution in [0.2, 0.25) is 5.02 Å². The number of carbonyl (C=O) groups excluding carboxylic acids is 1. The van der Waals surface area contributed by atoms with E-state index in [2.05, 4.69) is 15.5 Å². The highest BCUT2D eigenvalue weighted by molar-refractivity contribution is 6.30. The van der Waals surface area contributed by atoms with Crippen molar-refractivity contribution in [3.05, 3.63) is 34.6 Å². The number of nitrogens with zero attached hydrogens (tertiary/aromatic N) is 1. The third-order valence-electron chi connectivity index (χ3n) is 3.10. The number of halogens is 2. The van der Waals surface area contributed by atoms with E-state index in [1.54, 1.807) is 0 Å². The number of carbonyl (C=O) groups is 1. The lowest BCUT2D eigenvalue weighted by atomic mass is 10.2. The van der Waals surface area contributed by atoms with Crippen molar-refractivity contribution in [1.82, 2.24) is 15.5 Å². The van der Waals surface area contributed by atoms with E-state index in [0.717, 1.165) is 38.8 Å². The molecule has 1 saturated heterocycles. The molecule has 0 atom stereocenters. The summed E-state index contributed by atoms with van der Waals surface area (Å²) in [5, 5.41) is 6.27. The highest BCUT2D eigenvalue weighted by Gasteiger charge is 2.13. The molecular formula is C13H17ClFN3O. The zero-order valence-electron chi connectivity index (χ0n) is 10.6. The molecule has 0 saturated carbocycles. The van der Waals surface area contributed by atoms with Crippen LogP contribution in [0.5, 0.6) is 0 Å². The van der Waals surface area contributed by atoms with Gasteiger partial charge in [-0.05, 0) is 18.2 Å². The monoisotopic (exact) mass is 285 g/mol. The molecule has 1 fully saturated rings. The summed E-state index contributed by atoms with van der Waals surface area (Å²) in [5.74, 6) is -0.989. The van der Waals surface area contributed by atoms with Gasteiger partial charge >= 0.3 is 0 Å². The standard InChI is InChI=1S/C13H17ClFN3O/c14-10-1-2-11(12(15)9-10)13(19)17-5-8-18-6-3-16-4-7-18/h1-2,9,16H,3-8H2,(H,17,19). The van der Waals surface area contributed by atoms with Gasteiger partial charge in [0, 0.05) is 44.3 Å². The van der Waals surface area contributed by atoms with Crippen LogP contribution < -0.4 is 10.6 Å². The highest BCUT2D eigenvalue weighted by Crippen LogP contribution is 2.14. The van der Waals surface area contributed by atoms with E-state index < -0.39 is 11.7 Å². The van der Waals surface area contributed by atoms with Crippen LogP contribution in [-0.2, 0) is 0 Å². The molecule has 0 spiro atoms. The number of benzene rings is 1. The van der Waals surface area contributed by atoms with Crippen molar-refractivity contribution in [1.29, 1.82) is 0 Å². The van der Waals surface area contributed by atoms with Crippen LogP contribution in [0.4, 0.5) is 4.39 Å². The third-order valence-corrected chi connectivity index (χ3v) is 3.33. The zero-order valence-corrected chi connectivity index (χ0v) is 11.3. The fourth-order valence-electron chi connectivity index (χ4n) is 2.03. The van der Waals surface area contributed by atoms with Gasteiger partial charge in [0.2, 0.25) is 0 Å². The zero-order chi connectivity index (χ0) is 13.7. The second kappa shape index (κ2) is 6.84. The van der Waals surface area contributed by atoms with Crippen molar-refractivity contribution in [2.75, 3.05) is 39.3 Å². The maximum Gasteiger partial charge on any atom is 0.254 e. The predicted octanol–water partition coefficient (Wildman–Crippen LogP) is 1.11. The molecule has 1 heterocycles. The third kappa shape index (κ3) is 4.16. The van der Waals surface area contributed by atoms with Gasteiger partial charge in [0.1, 0.15) is 5.82 Å². The molecule has 4 nitrogen and oxygen atoms in total. The van der Waals surface area contributed by atoms with E-state index in [-0.39, 0.29) is 10.6 Å². The first-order valence-electron chi connectivity index (χ1n) is 6.33. The number of hydrogen-bond donors (Lipinski definition) is 2. The number of amides is 1. The molecule has 0 aliphatic carbocycles. The average molecular weight is 286 g/mol. The minimum atomic E-state index is -0.591. The Kier molecular flexibility index (Phi) is 5.13. The molecular weight excluding hydrogens is 269 g/mol. The number of hydrogen-bond acceptors (Lipinski definition) is 3. The molecule has 0 bridgehead atoms. The Balaban J connectivity index is 1.80. The van der Waals surface area contributed by atoms with Crippen molar-refractivity contribution in [2.45, 2.75) is 0 Å². The van der Waals surface area contributed by atoms with E-state index >= 15 is 0 Å². The van der Waals surface area contributed by atoms with Crippen molar-refractivity contribution in [2.24, 2.45) is 0 Å². The molecule has 2 N–H and O–H groups in total. The topological polar surface area (TPSA) is 44.4 Å². The molecule has 1 aliphatic rings. The maximum atomic E-state index is 13.5. The van der Waals surface area contributed by atoms with E-state index in [1.165, 1.54) is 12.1 Å². The number of rotatable bonds is 4. The first-order valence-corrected chi connectivity index (χ1v) is 6.71. The lowest BCUT2D eigenvalue weighted by molar-refractivity contribution is 0.0943. The van der Waals surface area contributed by atoms with E-state index in [0.29, 0.717) is 6.54 Å². The van der Waals surface area contributed by atoms with E-state index in [9.17, 15) is 9.18 Å². The van der Waals surface area contributed by atoms with Gasteiger partial charge in [0.25, 0.3) is 5.91 Å². The predicted molar refractivity (Wildman–Crippen MR) is 73.1 cm³/mol. The Morgan fingerprint density at radius 1 is 1.42 bits per heavy atom. The Morgan fingerprint density at radius 2 is 2.16 bits per heavy atom. The minimum Gasteiger partial charge on any atom is -0.351 e. The van der Waals surface area contributed by atoms with Gasteiger partial charge in [0.15, 0.2) is 0 Å². The summed E-state index contributed by atoms with van der Waals surface area (Å²) in [6.45, 7) is 5.19. The molecule has 0 aromatic heterocycles. The summed E-state index contributed by atoms with van der Waals surface area (Å²) < 4.78 is 13.5. The normalized spacial score (nSPS) is 16.3. The van der Waals surface area contributed by atoms with Crippen LogP contribution >= 0.6 is 11.6 Å². The molecule has 1 aliphatic heterocycles. The van der Waals surface area contributed by atoms with Gasteiger partial charge < -0.3 is 10.6 Å². The van der Waals surface area contributed by atoms with Gasteiger partial charge in [0.05, 0.1) is 5.56 Å². The van der Waals surface area contributed by atoms with Crippen LogP contribution in [0.1, 0.15) is 10.4 Å². The largest absolute Gasteiger partial charge is 0.351 e. The first-order chi connectivity index (χ1) is 9.16. The van der Waals surface area contributed by atoms with Gasteiger partial charge in [-0.2, -0.15) is 0 Å². The lowest BCUT2D eigenvalue weighted by Gasteiger charge is -2.27. The second-order valence-corrected chi connectivity index (χ2v) is 4.91. The fourth-order valence-corrected chi connectivity index (χ4v) is 2.19. The fraction of sp³-hybridized carbons (Fsp3) is 0.462. The van der Waals surface area contributed by atoms with Crippen molar-refractivity contribution in [3.63, 3.8) is 0 Å². The van der Waals surface area contributed by atoms with Crippen LogP contribution in [0, 0.1) is 5.82 Å². The summed E-state index contributed by atoms with van der Waals surface area (Å²) >= 11 is 5.64. The van der Waals surface area contributed by atoms with Gasteiger partial charge in [-0.3, -0.25) is 9.69 Å². The molecule has 2 rings (SSSR count). The van der Waals surface area contributed by atoms with E-state index in [4.69, 9.17) is 11.6 Å². The SMILES string of the molecule is O=C(NCCN1CCNCC1)c1ccc(Cl)cc1F. The Morgan fingerprint density at radius 3 is 2.84 bits per heavy atom. The van der Waals surface area contributed by atoms with E-state index in [1.807, 2.05) is 0 Å². The molecule has 1 amide bonds. The number of piperazine rings is 1. The highest BCUT2D eigenvalue weighted by atomic mass is 35.5. The molecule has 1 aromatic carbocycles. The summed E-state index contributed by atoms with van der Waals surface area (Å²) in [4.78, 5) is 14.1. The molecule has 0 unspecified atom stereocenters. The summed E-state index contributed by atoms with van der Waals surface area (Å²) in [5.41, 5.74) is 0.0321. The lowest BCUT2D eigenvalue weighted by Crippen LogP contribution is -2.46.